The van der Waals surface area contributed by atoms with E-state index in [0.29, 0.717) is 19.6 Å². The van der Waals surface area contributed by atoms with Gasteiger partial charge < -0.3 is 20.3 Å². The average molecular weight is 417 g/mol. The zero-order valence-electron chi connectivity index (χ0n) is 13.4. The Kier molecular flexibility index (Phi) is 5.55. The van der Waals surface area contributed by atoms with Gasteiger partial charge >= 0.3 is 6.09 Å². The lowest BCUT2D eigenvalue weighted by Gasteiger charge is -2.37. The maximum Gasteiger partial charge on any atom is 0.410 e. The SMILES string of the molecule is CC(C)(C)OC(=O)N1CCN(c2cc(I)cc(CN)c2)CC1. The molecule has 1 aliphatic rings. The highest BCUT2D eigenvalue weighted by atomic mass is 127. The van der Waals surface area contributed by atoms with Crippen molar-refractivity contribution in [3.63, 3.8) is 0 Å². The molecule has 0 saturated carbocycles. The highest BCUT2D eigenvalue weighted by molar-refractivity contribution is 14.1. The quantitative estimate of drug-likeness (QED) is 0.753. The van der Waals surface area contributed by atoms with Gasteiger partial charge in [-0.1, -0.05) is 0 Å². The van der Waals surface area contributed by atoms with Gasteiger partial charge in [0.2, 0.25) is 0 Å². The molecule has 0 radical (unpaired) electrons. The summed E-state index contributed by atoms with van der Waals surface area (Å²) in [5.74, 6) is 0. The number of ether oxygens (including phenoxy) is 1. The van der Waals surface area contributed by atoms with Crippen LogP contribution < -0.4 is 10.6 Å². The van der Waals surface area contributed by atoms with Gasteiger partial charge in [0.25, 0.3) is 0 Å². The fourth-order valence-corrected chi connectivity index (χ4v) is 3.13. The monoisotopic (exact) mass is 417 g/mol. The van der Waals surface area contributed by atoms with E-state index < -0.39 is 5.60 Å². The van der Waals surface area contributed by atoms with Gasteiger partial charge in [-0.2, -0.15) is 0 Å². The number of benzene rings is 1. The molecule has 2 N–H and O–H groups in total. The van der Waals surface area contributed by atoms with Crippen LogP contribution in [0.3, 0.4) is 0 Å². The normalized spacial score (nSPS) is 15.9. The van der Waals surface area contributed by atoms with Crippen LogP contribution >= 0.6 is 22.6 Å². The van der Waals surface area contributed by atoms with Gasteiger partial charge in [-0.25, -0.2) is 4.79 Å². The minimum absolute atomic E-state index is 0.225. The predicted octanol–water partition coefficient (Wildman–Crippen LogP) is 2.81. The standard InChI is InChI=1S/C16H24IN3O2/c1-16(2,3)22-15(21)20-6-4-19(5-7-20)14-9-12(11-18)8-13(17)10-14/h8-10H,4-7,11,18H2,1-3H3. The summed E-state index contributed by atoms with van der Waals surface area (Å²) in [5, 5.41) is 0. The van der Waals surface area contributed by atoms with Crippen LogP contribution in [0.4, 0.5) is 10.5 Å². The summed E-state index contributed by atoms with van der Waals surface area (Å²) in [4.78, 5) is 16.2. The maximum absolute atomic E-state index is 12.1. The number of hydrogen-bond acceptors (Lipinski definition) is 4. The second kappa shape index (κ2) is 7.04. The third-order valence-corrected chi connectivity index (χ3v) is 4.10. The van der Waals surface area contributed by atoms with Crippen molar-refractivity contribution in [3.8, 4) is 0 Å². The Morgan fingerprint density at radius 2 is 1.86 bits per heavy atom. The van der Waals surface area contributed by atoms with Crippen LogP contribution in [0.1, 0.15) is 26.3 Å². The molecule has 1 saturated heterocycles. The van der Waals surface area contributed by atoms with Crippen LogP contribution in [0.5, 0.6) is 0 Å². The summed E-state index contributed by atoms with van der Waals surface area (Å²) in [7, 11) is 0. The molecule has 122 valence electrons. The Hall–Kier alpha value is -1.02. The van der Waals surface area contributed by atoms with Crippen molar-refractivity contribution in [2.75, 3.05) is 31.1 Å². The van der Waals surface area contributed by atoms with E-state index in [0.717, 1.165) is 18.7 Å². The largest absolute Gasteiger partial charge is 0.444 e. The second-order valence-electron chi connectivity index (χ2n) is 6.48. The lowest BCUT2D eigenvalue weighted by atomic mass is 10.1. The van der Waals surface area contributed by atoms with Gasteiger partial charge in [0, 0.05) is 42.0 Å². The van der Waals surface area contributed by atoms with Gasteiger partial charge in [0.15, 0.2) is 0 Å². The number of nitrogens with zero attached hydrogens (tertiary/aromatic N) is 2. The van der Waals surface area contributed by atoms with Crippen LogP contribution in [0.25, 0.3) is 0 Å². The molecule has 1 fully saturated rings. The highest BCUT2D eigenvalue weighted by Gasteiger charge is 2.26. The number of halogens is 1. The second-order valence-corrected chi connectivity index (χ2v) is 7.72. The minimum atomic E-state index is -0.445. The summed E-state index contributed by atoms with van der Waals surface area (Å²) in [5.41, 5.74) is 7.61. The molecule has 0 aliphatic carbocycles. The summed E-state index contributed by atoms with van der Waals surface area (Å²) in [6, 6.07) is 6.38. The van der Waals surface area contributed by atoms with E-state index in [1.54, 1.807) is 4.90 Å². The van der Waals surface area contributed by atoms with Crippen LogP contribution in [-0.2, 0) is 11.3 Å². The molecule has 2 rings (SSSR count). The molecule has 0 atom stereocenters. The smallest absolute Gasteiger partial charge is 0.410 e. The van der Waals surface area contributed by atoms with Crippen molar-refractivity contribution >= 4 is 34.4 Å². The molecule has 6 heteroatoms. The summed E-state index contributed by atoms with van der Waals surface area (Å²) in [6.07, 6.45) is -0.225. The van der Waals surface area contributed by atoms with Crippen molar-refractivity contribution in [2.24, 2.45) is 5.73 Å². The third-order valence-electron chi connectivity index (χ3n) is 3.47. The zero-order valence-corrected chi connectivity index (χ0v) is 15.6. The van der Waals surface area contributed by atoms with E-state index in [1.165, 1.54) is 9.26 Å². The Morgan fingerprint density at radius 3 is 2.41 bits per heavy atom. The van der Waals surface area contributed by atoms with Gasteiger partial charge in [0.1, 0.15) is 5.60 Å². The highest BCUT2D eigenvalue weighted by Crippen LogP contribution is 2.22. The van der Waals surface area contributed by atoms with Crippen molar-refractivity contribution in [2.45, 2.75) is 32.9 Å². The molecule has 0 spiro atoms. The van der Waals surface area contributed by atoms with Gasteiger partial charge in [0.05, 0.1) is 0 Å². The Balaban J connectivity index is 1.97. The fourth-order valence-electron chi connectivity index (χ4n) is 2.41. The molecule has 1 aliphatic heterocycles. The Morgan fingerprint density at radius 1 is 1.23 bits per heavy atom. The first-order valence-electron chi connectivity index (χ1n) is 7.51. The van der Waals surface area contributed by atoms with E-state index in [1.807, 2.05) is 20.8 Å². The zero-order chi connectivity index (χ0) is 16.3. The number of anilines is 1. The van der Waals surface area contributed by atoms with Crippen LogP contribution in [0, 0.1) is 3.57 Å². The lowest BCUT2D eigenvalue weighted by molar-refractivity contribution is 0.0240. The molecule has 1 heterocycles. The first kappa shape index (κ1) is 17.3. The maximum atomic E-state index is 12.1. The van der Waals surface area contributed by atoms with Crippen molar-refractivity contribution in [1.82, 2.24) is 4.90 Å². The molecular weight excluding hydrogens is 393 g/mol. The molecule has 0 aromatic heterocycles. The number of nitrogens with two attached hydrogens (primary N) is 1. The first-order chi connectivity index (χ1) is 10.3. The van der Waals surface area contributed by atoms with Crippen molar-refractivity contribution in [3.05, 3.63) is 27.3 Å². The minimum Gasteiger partial charge on any atom is -0.444 e. The molecule has 1 aromatic rings. The molecule has 5 nitrogen and oxygen atoms in total. The first-order valence-corrected chi connectivity index (χ1v) is 8.59. The summed E-state index contributed by atoms with van der Waals surface area (Å²) in [6.45, 7) is 9.19. The molecule has 22 heavy (non-hydrogen) atoms. The number of amides is 1. The van der Waals surface area contributed by atoms with Crippen molar-refractivity contribution < 1.29 is 9.53 Å². The van der Waals surface area contributed by atoms with E-state index >= 15 is 0 Å². The fraction of sp³-hybridized carbons (Fsp3) is 0.562. The lowest BCUT2D eigenvalue weighted by Crippen LogP contribution is -2.50. The topological polar surface area (TPSA) is 58.8 Å². The van der Waals surface area contributed by atoms with E-state index in [2.05, 4.69) is 45.7 Å². The van der Waals surface area contributed by atoms with Gasteiger partial charge in [-0.05, 0) is 67.1 Å². The Labute approximate surface area is 145 Å². The number of rotatable bonds is 2. The number of piperazine rings is 1. The summed E-state index contributed by atoms with van der Waals surface area (Å²) >= 11 is 2.31. The van der Waals surface area contributed by atoms with Gasteiger partial charge in [-0.3, -0.25) is 0 Å². The van der Waals surface area contributed by atoms with Crippen LogP contribution in [0.2, 0.25) is 0 Å². The molecule has 0 unspecified atom stereocenters. The van der Waals surface area contributed by atoms with E-state index in [4.69, 9.17) is 10.5 Å². The molecule has 1 aromatic carbocycles. The van der Waals surface area contributed by atoms with Crippen LogP contribution in [0.15, 0.2) is 18.2 Å². The van der Waals surface area contributed by atoms with Crippen LogP contribution in [-0.4, -0.2) is 42.8 Å². The predicted molar refractivity (Wildman–Crippen MR) is 97.1 cm³/mol. The number of hydrogen-bond donors (Lipinski definition) is 1. The Bertz CT molecular complexity index is 535. The molecule has 0 bridgehead atoms. The third kappa shape index (κ3) is 4.74. The number of carbonyl (C=O) groups is 1. The van der Waals surface area contributed by atoms with E-state index in [-0.39, 0.29) is 6.09 Å². The number of carbonyl (C=O) groups excluding carboxylic acids is 1. The molecule has 1 amide bonds. The van der Waals surface area contributed by atoms with Gasteiger partial charge in [-0.15, -0.1) is 0 Å². The van der Waals surface area contributed by atoms with E-state index in [9.17, 15) is 4.79 Å². The van der Waals surface area contributed by atoms with Crippen molar-refractivity contribution in [1.29, 1.82) is 0 Å². The average Bonchev–Trinajstić information content (AvgIpc) is 2.45. The summed E-state index contributed by atoms with van der Waals surface area (Å²) < 4.78 is 6.61. The molecular formula is C16H24IN3O2.